The molecule has 1 heterocycles. The fourth-order valence-corrected chi connectivity index (χ4v) is 4.17. The zero-order chi connectivity index (χ0) is 26.3. The number of ether oxygens (including phenoxy) is 2. The molecule has 35 heavy (non-hydrogen) atoms. The molecule has 0 spiro atoms. The number of hydrogen-bond donors (Lipinski definition) is 2. The van der Waals surface area contributed by atoms with Crippen LogP contribution in [0.5, 0.6) is 0 Å². The molecule has 3 atom stereocenters. The molecule has 1 aliphatic heterocycles. The molecule has 0 aliphatic carbocycles. The highest BCUT2D eigenvalue weighted by Crippen LogP contribution is 2.27. The number of rotatable bonds is 9. The van der Waals surface area contributed by atoms with E-state index in [0.717, 1.165) is 5.56 Å². The highest BCUT2D eigenvalue weighted by Gasteiger charge is 2.42. The smallest absolute Gasteiger partial charge is 0.305 e. The third kappa shape index (κ3) is 7.67. The van der Waals surface area contributed by atoms with E-state index in [1.807, 2.05) is 20.8 Å². The van der Waals surface area contributed by atoms with E-state index < -0.39 is 35.7 Å². The SMILES string of the molecule is CCO[C@@H](CNC(=O)[C@@H]1CCCN1C(=O)[C@@H](NC(=O)c1cccc(C)c1Cl)C(C)(C)C)OC(C)=O. The summed E-state index contributed by atoms with van der Waals surface area (Å²) >= 11 is 6.32. The van der Waals surface area contributed by atoms with Crippen molar-refractivity contribution in [3.05, 3.63) is 34.3 Å². The summed E-state index contributed by atoms with van der Waals surface area (Å²) in [4.78, 5) is 52.4. The van der Waals surface area contributed by atoms with Gasteiger partial charge in [-0.2, -0.15) is 0 Å². The number of esters is 1. The monoisotopic (exact) mass is 509 g/mol. The van der Waals surface area contributed by atoms with Gasteiger partial charge in [-0.15, -0.1) is 0 Å². The first kappa shape index (κ1) is 28.6. The zero-order valence-corrected chi connectivity index (χ0v) is 22.0. The van der Waals surface area contributed by atoms with Crippen molar-refractivity contribution in [3.8, 4) is 0 Å². The van der Waals surface area contributed by atoms with Gasteiger partial charge in [-0.1, -0.05) is 44.5 Å². The van der Waals surface area contributed by atoms with Gasteiger partial charge in [0.25, 0.3) is 5.91 Å². The molecule has 2 N–H and O–H groups in total. The van der Waals surface area contributed by atoms with E-state index in [4.69, 9.17) is 21.1 Å². The summed E-state index contributed by atoms with van der Waals surface area (Å²) < 4.78 is 10.4. The van der Waals surface area contributed by atoms with Crippen molar-refractivity contribution < 1.29 is 28.7 Å². The molecular weight excluding hydrogens is 474 g/mol. The molecule has 1 saturated heterocycles. The summed E-state index contributed by atoms with van der Waals surface area (Å²) in [7, 11) is 0. The summed E-state index contributed by atoms with van der Waals surface area (Å²) in [6.07, 6.45) is 0.226. The molecule has 10 heteroatoms. The molecule has 0 unspecified atom stereocenters. The van der Waals surface area contributed by atoms with E-state index in [0.29, 0.717) is 31.0 Å². The highest BCUT2D eigenvalue weighted by molar-refractivity contribution is 6.34. The van der Waals surface area contributed by atoms with Gasteiger partial charge in [-0.3, -0.25) is 19.2 Å². The summed E-state index contributed by atoms with van der Waals surface area (Å²) in [6.45, 7) is 11.0. The van der Waals surface area contributed by atoms with E-state index in [-0.39, 0.29) is 23.9 Å². The molecule has 1 aliphatic rings. The normalized spacial score (nSPS) is 17.5. The minimum atomic E-state index is -0.910. The maximum atomic E-state index is 13.6. The fraction of sp³-hybridized carbons (Fsp3) is 0.600. The highest BCUT2D eigenvalue weighted by atomic mass is 35.5. The number of aryl methyl sites for hydroxylation is 1. The Hall–Kier alpha value is -2.65. The van der Waals surface area contributed by atoms with Crippen LogP contribution in [0, 0.1) is 12.3 Å². The van der Waals surface area contributed by atoms with Gasteiger partial charge in [0.2, 0.25) is 18.1 Å². The molecule has 1 fully saturated rings. The minimum absolute atomic E-state index is 0.0317. The third-order valence-electron chi connectivity index (χ3n) is 5.76. The van der Waals surface area contributed by atoms with Crippen molar-refractivity contribution in [3.63, 3.8) is 0 Å². The Morgan fingerprint density at radius 2 is 1.91 bits per heavy atom. The second kappa shape index (κ2) is 12.4. The van der Waals surface area contributed by atoms with Crippen LogP contribution in [0.4, 0.5) is 0 Å². The Morgan fingerprint density at radius 3 is 2.51 bits per heavy atom. The summed E-state index contributed by atoms with van der Waals surface area (Å²) in [5.41, 5.74) is 0.424. The molecule has 2 rings (SSSR count). The lowest BCUT2D eigenvalue weighted by Gasteiger charge is -2.35. The van der Waals surface area contributed by atoms with Gasteiger partial charge < -0.3 is 25.0 Å². The summed E-state index contributed by atoms with van der Waals surface area (Å²) in [5.74, 6) is -1.68. The van der Waals surface area contributed by atoms with Crippen molar-refractivity contribution in [1.29, 1.82) is 0 Å². The van der Waals surface area contributed by atoms with E-state index in [2.05, 4.69) is 10.6 Å². The second-order valence-electron chi connectivity index (χ2n) is 9.64. The zero-order valence-electron chi connectivity index (χ0n) is 21.3. The predicted molar refractivity (Wildman–Crippen MR) is 132 cm³/mol. The molecule has 1 aromatic rings. The number of carbonyl (C=O) groups excluding carboxylic acids is 4. The predicted octanol–water partition coefficient (Wildman–Crippen LogP) is 2.83. The van der Waals surface area contributed by atoms with Crippen LogP contribution in [-0.4, -0.2) is 66.7 Å². The third-order valence-corrected chi connectivity index (χ3v) is 6.26. The van der Waals surface area contributed by atoms with Gasteiger partial charge >= 0.3 is 5.97 Å². The van der Waals surface area contributed by atoms with E-state index in [9.17, 15) is 19.2 Å². The maximum Gasteiger partial charge on any atom is 0.305 e. The molecule has 194 valence electrons. The van der Waals surface area contributed by atoms with E-state index >= 15 is 0 Å². The van der Waals surface area contributed by atoms with Gasteiger partial charge in [0.15, 0.2) is 0 Å². The number of halogens is 1. The lowest BCUT2D eigenvalue weighted by atomic mass is 9.85. The van der Waals surface area contributed by atoms with Gasteiger partial charge in [0.05, 0.1) is 17.1 Å². The molecule has 0 bridgehead atoms. The average Bonchev–Trinajstić information content (AvgIpc) is 3.26. The standard InChI is InChI=1S/C25H36ClN3O6/c1-7-34-19(35-16(3)30)14-27-23(32)18-12-9-13-29(18)24(33)21(25(4,5)6)28-22(31)17-11-8-10-15(2)20(17)26/h8,10-11,18-19,21H,7,9,12-14H2,1-6H3,(H,27,32)(H,28,31)/t18-,19+,21+/m0/s1. The first-order chi connectivity index (χ1) is 16.4. The Balaban J connectivity index is 2.15. The molecule has 3 amide bonds. The van der Waals surface area contributed by atoms with Crippen LogP contribution in [0.2, 0.25) is 5.02 Å². The number of likely N-dealkylation sites (tertiary alicyclic amines) is 1. The number of benzene rings is 1. The number of nitrogens with one attached hydrogen (secondary N) is 2. The van der Waals surface area contributed by atoms with E-state index in [1.54, 1.807) is 32.0 Å². The van der Waals surface area contributed by atoms with Gasteiger partial charge in [-0.05, 0) is 43.7 Å². The minimum Gasteiger partial charge on any atom is -0.434 e. The molecular formula is C25H36ClN3O6. The van der Waals surface area contributed by atoms with E-state index in [1.165, 1.54) is 11.8 Å². The van der Waals surface area contributed by atoms with Crippen LogP contribution < -0.4 is 10.6 Å². The van der Waals surface area contributed by atoms with Crippen molar-refractivity contribution in [2.24, 2.45) is 5.41 Å². The number of carbonyl (C=O) groups is 4. The lowest BCUT2D eigenvalue weighted by Crippen LogP contribution is -2.58. The summed E-state index contributed by atoms with van der Waals surface area (Å²) in [6, 6.07) is 3.56. The molecule has 1 aromatic carbocycles. The van der Waals surface area contributed by atoms with Crippen molar-refractivity contribution in [1.82, 2.24) is 15.5 Å². The second-order valence-corrected chi connectivity index (χ2v) is 10.0. The molecule has 0 radical (unpaired) electrons. The van der Waals surface area contributed by atoms with Crippen LogP contribution in [0.25, 0.3) is 0 Å². The Morgan fingerprint density at radius 1 is 1.23 bits per heavy atom. The molecule has 9 nitrogen and oxygen atoms in total. The van der Waals surface area contributed by atoms with Crippen LogP contribution in [0.15, 0.2) is 18.2 Å². The van der Waals surface area contributed by atoms with Crippen LogP contribution >= 0.6 is 11.6 Å². The van der Waals surface area contributed by atoms with Gasteiger partial charge in [0.1, 0.15) is 12.1 Å². The Kier molecular flexibility index (Phi) is 10.1. The first-order valence-corrected chi connectivity index (χ1v) is 12.2. The quantitative estimate of drug-likeness (QED) is 0.391. The Bertz CT molecular complexity index is 946. The number of nitrogens with zero attached hydrogens (tertiary/aromatic N) is 1. The van der Waals surface area contributed by atoms with Gasteiger partial charge in [0, 0.05) is 20.1 Å². The first-order valence-electron chi connectivity index (χ1n) is 11.8. The molecule has 0 saturated carbocycles. The average molecular weight is 510 g/mol. The number of amides is 3. The van der Waals surface area contributed by atoms with Crippen LogP contribution in [0.3, 0.4) is 0 Å². The maximum absolute atomic E-state index is 13.6. The fourth-order valence-electron chi connectivity index (χ4n) is 3.96. The topological polar surface area (TPSA) is 114 Å². The number of hydrogen-bond acceptors (Lipinski definition) is 6. The van der Waals surface area contributed by atoms with Crippen molar-refractivity contribution in [2.75, 3.05) is 19.7 Å². The van der Waals surface area contributed by atoms with Crippen molar-refractivity contribution in [2.45, 2.75) is 72.8 Å². The summed E-state index contributed by atoms with van der Waals surface area (Å²) in [5, 5.41) is 5.89. The lowest BCUT2D eigenvalue weighted by molar-refractivity contribution is -0.175. The Labute approximate surface area is 211 Å². The van der Waals surface area contributed by atoms with Crippen LogP contribution in [-0.2, 0) is 23.9 Å². The molecule has 0 aromatic heterocycles. The van der Waals surface area contributed by atoms with Gasteiger partial charge in [-0.25, -0.2) is 0 Å². The van der Waals surface area contributed by atoms with Crippen molar-refractivity contribution >= 4 is 35.3 Å². The van der Waals surface area contributed by atoms with Crippen LogP contribution in [0.1, 0.15) is 63.4 Å². The largest absolute Gasteiger partial charge is 0.434 e.